The minimum Gasteiger partial charge on any atom is -0.310 e. The lowest BCUT2D eigenvalue weighted by Crippen LogP contribution is -2.10. The second kappa shape index (κ2) is 11.4. The van der Waals surface area contributed by atoms with Crippen molar-refractivity contribution in [2.24, 2.45) is 0 Å². The van der Waals surface area contributed by atoms with E-state index >= 15 is 0 Å². The van der Waals surface area contributed by atoms with E-state index in [4.69, 9.17) is 0 Å². The molecule has 0 radical (unpaired) electrons. The van der Waals surface area contributed by atoms with Gasteiger partial charge in [0.2, 0.25) is 0 Å². The Hall–Kier alpha value is -6.74. The van der Waals surface area contributed by atoms with Crippen molar-refractivity contribution >= 4 is 113 Å². The molecule has 2 heteroatoms. The smallest absolute Gasteiger partial charge is 0.0540 e. The Morgan fingerprint density at radius 1 is 0.315 bits per heavy atom. The van der Waals surface area contributed by atoms with Crippen molar-refractivity contribution in [1.29, 1.82) is 0 Å². The minimum absolute atomic E-state index is 1.14. The molecule has 0 unspecified atom stereocenters. The monoisotopic (exact) mass is 701 g/mol. The van der Waals surface area contributed by atoms with Gasteiger partial charge < -0.3 is 4.90 Å². The summed E-state index contributed by atoms with van der Waals surface area (Å²) in [5, 5.41) is 18.3. The fraction of sp³-hybridized carbons (Fsp3) is 0. The van der Waals surface area contributed by atoms with Crippen LogP contribution in [0.15, 0.2) is 188 Å². The molecule has 0 atom stereocenters. The van der Waals surface area contributed by atoms with E-state index in [1.807, 2.05) is 11.3 Å². The van der Waals surface area contributed by atoms with Gasteiger partial charge in [-0.15, -0.1) is 11.3 Å². The standard InChI is InChI=1S/C52H31NS/c1-3-11-35(12-4-1)53(36-13-5-2-6-14-36)48-27-22-33-20-25-42-37(24-19-32-21-26-43(48)52(33)51(32)42)34-23-28-49-46(29-34)47-30-44-40-17-9-7-15-38(40)39-16-8-10-18-41(39)45(44)31-50(47)54-49/h1-31H. The predicted molar refractivity (Wildman–Crippen MR) is 236 cm³/mol. The number of benzene rings is 11. The SMILES string of the molecule is c1ccc(N(c2ccccc2)c2ccc3ccc4c(-c5ccc6sc7cc8c9ccccc9c9ccccc9c8cc7c6c5)ccc5ccc2c3c54)cc1. The van der Waals surface area contributed by atoms with E-state index in [0.717, 1.165) is 11.4 Å². The second-order valence-corrected chi connectivity index (χ2v) is 15.5. The first-order valence-corrected chi connectivity index (χ1v) is 19.4. The highest BCUT2D eigenvalue weighted by atomic mass is 32.1. The Labute approximate surface area is 315 Å². The van der Waals surface area contributed by atoms with Crippen molar-refractivity contribution in [3.05, 3.63) is 188 Å². The van der Waals surface area contributed by atoms with E-state index in [1.54, 1.807) is 0 Å². The molecule has 0 aliphatic carbocycles. The van der Waals surface area contributed by atoms with E-state index in [-0.39, 0.29) is 0 Å². The van der Waals surface area contributed by atoms with Crippen LogP contribution in [0.5, 0.6) is 0 Å². The molecule has 0 fully saturated rings. The summed E-state index contributed by atoms with van der Waals surface area (Å²) in [6.07, 6.45) is 0. The van der Waals surface area contributed by atoms with Gasteiger partial charge in [-0.05, 0) is 125 Å². The highest BCUT2D eigenvalue weighted by molar-refractivity contribution is 7.25. The van der Waals surface area contributed by atoms with Crippen LogP contribution < -0.4 is 4.90 Å². The summed E-state index contributed by atoms with van der Waals surface area (Å²) < 4.78 is 2.65. The lowest BCUT2D eigenvalue weighted by Gasteiger charge is -2.27. The maximum atomic E-state index is 2.46. The Morgan fingerprint density at radius 2 is 0.833 bits per heavy atom. The molecule has 0 aliphatic rings. The highest BCUT2D eigenvalue weighted by Gasteiger charge is 2.20. The highest BCUT2D eigenvalue weighted by Crippen LogP contribution is 2.47. The molecule has 0 saturated heterocycles. The minimum atomic E-state index is 1.14. The van der Waals surface area contributed by atoms with Crippen molar-refractivity contribution in [3.63, 3.8) is 0 Å². The van der Waals surface area contributed by atoms with Crippen molar-refractivity contribution in [2.45, 2.75) is 0 Å². The summed E-state index contributed by atoms with van der Waals surface area (Å²) in [5.74, 6) is 0. The molecule has 1 heterocycles. The van der Waals surface area contributed by atoms with Crippen LogP contribution in [0.3, 0.4) is 0 Å². The number of nitrogens with zero attached hydrogens (tertiary/aromatic N) is 1. The normalized spacial score (nSPS) is 12.1. The third kappa shape index (κ3) is 4.26. The number of hydrogen-bond donors (Lipinski definition) is 0. The van der Waals surface area contributed by atoms with Gasteiger partial charge in [0.05, 0.1) is 5.69 Å². The molecule has 0 amide bonds. The third-order valence-electron chi connectivity index (χ3n) is 11.6. The molecule has 54 heavy (non-hydrogen) atoms. The molecule has 0 aliphatic heterocycles. The zero-order chi connectivity index (χ0) is 35.3. The number of fused-ring (bicyclic) bond motifs is 9. The Morgan fingerprint density at radius 3 is 1.50 bits per heavy atom. The van der Waals surface area contributed by atoms with E-state index in [0.29, 0.717) is 0 Å². The van der Waals surface area contributed by atoms with E-state index in [2.05, 4.69) is 193 Å². The second-order valence-electron chi connectivity index (χ2n) is 14.4. The van der Waals surface area contributed by atoms with Gasteiger partial charge in [-0.1, -0.05) is 133 Å². The first kappa shape index (κ1) is 29.8. The summed E-state index contributed by atoms with van der Waals surface area (Å²) >= 11 is 1.90. The Balaban J connectivity index is 1.08. The predicted octanol–water partition coefficient (Wildman–Crippen LogP) is 15.5. The molecular formula is C52H31NS. The fourth-order valence-corrected chi connectivity index (χ4v) is 10.3. The summed E-state index contributed by atoms with van der Waals surface area (Å²) in [7, 11) is 0. The lowest BCUT2D eigenvalue weighted by molar-refractivity contribution is 1.30. The van der Waals surface area contributed by atoms with Gasteiger partial charge in [-0.2, -0.15) is 0 Å². The van der Waals surface area contributed by atoms with E-state index in [1.165, 1.54) is 102 Å². The van der Waals surface area contributed by atoms with Crippen molar-refractivity contribution in [1.82, 2.24) is 0 Å². The molecule has 12 aromatic rings. The summed E-state index contributed by atoms with van der Waals surface area (Å²) in [6, 6.07) is 69.7. The molecule has 0 saturated carbocycles. The number of anilines is 3. The molecule has 1 aromatic heterocycles. The topological polar surface area (TPSA) is 3.24 Å². The van der Waals surface area contributed by atoms with Crippen molar-refractivity contribution in [2.75, 3.05) is 4.90 Å². The molecule has 0 N–H and O–H groups in total. The van der Waals surface area contributed by atoms with Crippen LogP contribution >= 0.6 is 11.3 Å². The fourth-order valence-electron chi connectivity index (χ4n) is 9.16. The van der Waals surface area contributed by atoms with Crippen LogP contribution in [-0.4, -0.2) is 0 Å². The van der Waals surface area contributed by atoms with Crippen LogP contribution in [0.25, 0.3) is 95.9 Å². The van der Waals surface area contributed by atoms with Crippen LogP contribution in [0.1, 0.15) is 0 Å². The lowest BCUT2D eigenvalue weighted by atomic mass is 9.88. The largest absolute Gasteiger partial charge is 0.310 e. The first-order chi connectivity index (χ1) is 26.8. The Kier molecular flexibility index (Phi) is 6.28. The summed E-state index contributed by atoms with van der Waals surface area (Å²) in [5.41, 5.74) is 5.98. The van der Waals surface area contributed by atoms with Gasteiger partial charge in [0, 0.05) is 36.9 Å². The number of para-hydroxylation sites is 2. The van der Waals surface area contributed by atoms with Crippen LogP contribution in [0, 0.1) is 0 Å². The molecule has 12 rings (SSSR count). The number of hydrogen-bond acceptors (Lipinski definition) is 2. The average Bonchev–Trinajstić information content (AvgIpc) is 3.60. The zero-order valence-electron chi connectivity index (χ0n) is 29.3. The van der Waals surface area contributed by atoms with Gasteiger partial charge in [-0.3, -0.25) is 0 Å². The van der Waals surface area contributed by atoms with Crippen LogP contribution in [0.4, 0.5) is 17.1 Å². The molecule has 11 aromatic carbocycles. The van der Waals surface area contributed by atoms with Gasteiger partial charge in [-0.25, -0.2) is 0 Å². The maximum absolute atomic E-state index is 2.46. The Bertz CT molecular complexity index is 3390. The molecule has 0 bridgehead atoms. The van der Waals surface area contributed by atoms with Gasteiger partial charge in [0.1, 0.15) is 0 Å². The van der Waals surface area contributed by atoms with Crippen molar-refractivity contribution in [3.8, 4) is 11.1 Å². The average molecular weight is 702 g/mol. The number of thiophene rings is 1. The van der Waals surface area contributed by atoms with E-state index < -0.39 is 0 Å². The quantitative estimate of drug-likeness (QED) is 0.165. The van der Waals surface area contributed by atoms with Gasteiger partial charge >= 0.3 is 0 Å². The summed E-state index contributed by atoms with van der Waals surface area (Å²) in [4.78, 5) is 2.39. The maximum Gasteiger partial charge on any atom is 0.0540 e. The van der Waals surface area contributed by atoms with Crippen LogP contribution in [-0.2, 0) is 0 Å². The zero-order valence-corrected chi connectivity index (χ0v) is 30.1. The van der Waals surface area contributed by atoms with Gasteiger partial charge in [0.15, 0.2) is 0 Å². The molecule has 250 valence electrons. The summed E-state index contributed by atoms with van der Waals surface area (Å²) in [6.45, 7) is 0. The third-order valence-corrected chi connectivity index (χ3v) is 12.7. The van der Waals surface area contributed by atoms with Crippen LogP contribution in [0.2, 0.25) is 0 Å². The first-order valence-electron chi connectivity index (χ1n) is 18.6. The van der Waals surface area contributed by atoms with Crippen molar-refractivity contribution < 1.29 is 0 Å². The van der Waals surface area contributed by atoms with E-state index in [9.17, 15) is 0 Å². The molecule has 1 nitrogen and oxygen atoms in total. The molecular weight excluding hydrogens is 671 g/mol. The molecule has 0 spiro atoms. The number of rotatable bonds is 4. The van der Waals surface area contributed by atoms with Gasteiger partial charge in [0.25, 0.3) is 0 Å².